The molecule has 35 heavy (non-hydrogen) atoms. The van der Waals surface area contributed by atoms with Gasteiger partial charge in [0, 0.05) is 12.6 Å². The molecule has 0 saturated heterocycles. The zero-order valence-electron chi connectivity index (χ0n) is 19.0. The first-order valence-electron chi connectivity index (χ1n) is 10.6. The number of nitrogens with one attached hydrogen (secondary N) is 2. The molecule has 182 valence electrons. The molecular weight excluding hydrogens is 456 g/mol. The fourth-order valence-corrected chi connectivity index (χ4v) is 3.38. The third-order valence-electron chi connectivity index (χ3n) is 5.21. The Labute approximate surface area is 198 Å². The molecule has 0 saturated carbocycles. The molecular formula is C23H24N6O6. The fourth-order valence-electron chi connectivity index (χ4n) is 3.38. The molecule has 0 fully saturated rings. The minimum atomic E-state index is -1.03. The number of para-hydroxylation sites is 1. The molecule has 2 aromatic carbocycles. The Balaban J connectivity index is 1.60. The van der Waals surface area contributed by atoms with Crippen LogP contribution >= 0.6 is 0 Å². The first-order valence-corrected chi connectivity index (χ1v) is 10.6. The molecule has 0 spiro atoms. The molecule has 0 aliphatic rings. The number of benzene rings is 2. The standard InChI is InChI=1S/C23H24N6O6/c1-28-20-19(21(32)26-23(28)33)29(12-15(30)13-35-17-9-7-16(34-2)8-10-17)22(25-20)27-24-11-14-5-3-4-6-18(14)31/h3-11,15,30-31H,12-13H2,1-2H3,(H,25,27)(H,26,32,33)/b24-11-/t15-/m0/s1. The number of hydrogen-bond donors (Lipinski definition) is 4. The highest BCUT2D eigenvalue weighted by Gasteiger charge is 2.20. The molecule has 12 nitrogen and oxygen atoms in total. The van der Waals surface area contributed by atoms with Crippen LogP contribution in [-0.2, 0) is 13.6 Å². The maximum absolute atomic E-state index is 12.6. The lowest BCUT2D eigenvalue weighted by molar-refractivity contribution is 0.0938. The molecule has 4 N–H and O–H groups in total. The number of nitrogens with zero attached hydrogens (tertiary/aromatic N) is 4. The van der Waals surface area contributed by atoms with Gasteiger partial charge < -0.3 is 24.3 Å². The normalized spacial score (nSPS) is 12.2. The number of H-pyrrole nitrogens is 1. The molecule has 12 heteroatoms. The summed E-state index contributed by atoms with van der Waals surface area (Å²) in [6, 6.07) is 13.5. The van der Waals surface area contributed by atoms with Gasteiger partial charge in [0.15, 0.2) is 11.2 Å². The van der Waals surface area contributed by atoms with Gasteiger partial charge in [-0.05, 0) is 36.4 Å². The van der Waals surface area contributed by atoms with Gasteiger partial charge in [0.2, 0.25) is 5.95 Å². The van der Waals surface area contributed by atoms with Crippen molar-refractivity contribution in [2.45, 2.75) is 12.6 Å². The van der Waals surface area contributed by atoms with Crippen molar-refractivity contribution < 1.29 is 19.7 Å². The summed E-state index contributed by atoms with van der Waals surface area (Å²) in [7, 11) is 3.03. The average molecular weight is 480 g/mol. The van der Waals surface area contributed by atoms with Crippen molar-refractivity contribution in [1.29, 1.82) is 0 Å². The number of phenols is 1. The fraction of sp³-hybridized carbons (Fsp3) is 0.217. The summed E-state index contributed by atoms with van der Waals surface area (Å²) in [6.07, 6.45) is 0.347. The van der Waals surface area contributed by atoms with E-state index in [-0.39, 0.29) is 36.0 Å². The van der Waals surface area contributed by atoms with E-state index in [1.165, 1.54) is 28.5 Å². The van der Waals surface area contributed by atoms with Gasteiger partial charge in [-0.3, -0.25) is 14.3 Å². The van der Waals surface area contributed by atoms with Crippen molar-refractivity contribution in [3.05, 3.63) is 74.9 Å². The summed E-state index contributed by atoms with van der Waals surface area (Å²) in [5.74, 6) is 1.36. The number of aromatic hydroxyl groups is 1. The lowest BCUT2D eigenvalue weighted by Gasteiger charge is -2.15. The number of hydrogen-bond acceptors (Lipinski definition) is 9. The molecule has 2 heterocycles. The number of hydrazone groups is 1. The van der Waals surface area contributed by atoms with Crippen molar-refractivity contribution in [2.75, 3.05) is 19.1 Å². The molecule has 2 aromatic heterocycles. The van der Waals surface area contributed by atoms with Gasteiger partial charge in [0.05, 0.1) is 19.9 Å². The topological polar surface area (TPSA) is 156 Å². The highest BCUT2D eigenvalue weighted by molar-refractivity contribution is 5.83. The van der Waals surface area contributed by atoms with Crippen LogP contribution in [0.5, 0.6) is 17.2 Å². The Morgan fingerprint density at radius 2 is 1.89 bits per heavy atom. The molecule has 0 aliphatic heterocycles. The predicted octanol–water partition coefficient (Wildman–Crippen LogP) is 1.02. The average Bonchev–Trinajstić information content (AvgIpc) is 3.21. The molecule has 0 aliphatic carbocycles. The largest absolute Gasteiger partial charge is 0.507 e. The van der Waals surface area contributed by atoms with E-state index in [0.717, 1.165) is 0 Å². The van der Waals surface area contributed by atoms with Gasteiger partial charge in [0.25, 0.3) is 5.56 Å². The monoisotopic (exact) mass is 480 g/mol. The highest BCUT2D eigenvalue weighted by atomic mass is 16.5. The summed E-state index contributed by atoms with van der Waals surface area (Å²) in [5, 5.41) is 24.6. The number of aryl methyl sites for hydroxylation is 1. The number of phenolic OH excluding ortho intramolecular Hbond substituents is 1. The Kier molecular flexibility index (Phi) is 6.83. The summed E-state index contributed by atoms with van der Waals surface area (Å²) in [6.45, 7) is -0.154. The number of anilines is 1. The second-order valence-electron chi connectivity index (χ2n) is 7.61. The number of aromatic nitrogens is 4. The summed E-state index contributed by atoms with van der Waals surface area (Å²) < 4.78 is 13.3. The van der Waals surface area contributed by atoms with E-state index in [1.807, 2.05) is 0 Å². The van der Waals surface area contributed by atoms with Crippen LogP contribution < -0.4 is 26.1 Å². The second kappa shape index (κ2) is 10.1. The van der Waals surface area contributed by atoms with Crippen molar-refractivity contribution >= 4 is 23.3 Å². The van der Waals surface area contributed by atoms with Crippen molar-refractivity contribution in [2.24, 2.45) is 12.1 Å². The molecule has 0 amide bonds. The van der Waals surface area contributed by atoms with E-state index >= 15 is 0 Å². The van der Waals surface area contributed by atoms with Gasteiger partial charge >= 0.3 is 5.69 Å². The second-order valence-corrected chi connectivity index (χ2v) is 7.61. The van der Waals surface area contributed by atoms with Crippen LogP contribution in [0.4, 0.5) is 5.95 Å². The van der Waals surface area contributed by atoms with Gasteiger partial charge in [-0.1, -0.05) is 12.1 Å². The third-order valence-corrected chi connectivity index (χ3v) is 5.21. The van der Waals surface area contributed by atoms with Crippen LogP contribution in [0.1, 0.15) is 5.56 Å². The molecule has 0 radical (unpaired) electrons. The van der Waals surface area contributed by atoms with Crippen molar-refractivity contribution in [3.8, 4) is 17.2 Å². The Bertz CT molecular complexity index is 1470. The summed E-state index contributed by atoms with van der Waals surface area (Å²) in [4.78, 5) is 31.2. The van der Waals surface area contributed by atoms with E-state index in [0.29, 0.717) is 17.1 Å². The number of aliphatic hydroxyl groups is 1. The predicted molar refractivity (Wildman–Crippen MR) is 129 cm³/mol. The summed E-state index contributed by atoms with van der Waals surface area (Å²) >= 11 is 0. The van der Waals surface area contributed by atoms with Crippen molar-refractivity contribution in [3.63, 3.8) is 0 Å². The molecule has 0 unspecified atom stereocenters. The lowest BCUT2D eigenvalue weighted by atomic mass is 10.2. The Morgan fingerprint density at radius 3 is 2.60 bits per heavy atom. The number of imidazole rings is 1. The smallest absolute Gasteiger partial charge is 0.329 e. The van der Waals surface area contributed by atoms with Crippen LogP contribution in [0.25, 0.3) is 11.2 Å². The first-order chi connectivity index (χ1) is 16.9. The molecule has 4 aromatic rings. The van der Waals surface area contributed by atoms with Crippen molar-refractivity contribution in [1.82, 2.24) is 19.1 Å². The molecule has 1 atom stereocenters. The molecule has 4 rings (SSSR count). The zero-order valence-corrected chi connectivity index (χ0v) is 19.0. The van der Waals surface area contributed by atoms with Crippen LogP contribution in [0.15, 0.2) is 63.2 Å². The van der Waals surface area contributed by atoms with E-state index in [1.54, 1.807) is 49.6 Å². The zero-order chi connectivity index (χ0) is 24.9. The maximum Gasteiger partial charge on any atom is 0.329 e. The number of rotatable bonds is 9. The minimum Gasteiger partial charge on any atom is -0.507 e. The minimum absolute atomic E-state index is 0.0384. The van der Waals surface area contributed by atoms with Gasteiger partial charge in [-0.15, -0.1) is 0 Å². The first kappa shape index (κ1) is 23.6. The van der Waals surface area contributed by atoms with Gasteiger partial charge in [-0.2, -0.15) is 10.1 Å². The van der Waals surface area contributed by atoms with E-state index < -0.39 is 17.4 Å². The number of aliphatic hydroxyl groups excluding tert-OH is 1. The van der Waals surface area contributed by atoms with E-state index in [2.05, 4.69) is 20.5 Å². The Hall–Kier alpha value is -4.58. The molecule has 0 bridgehead atoms. The highest BCUT2D eigenvalue weighted by Crippen LogP contribution is 2.19. The quantitative estimate of drug-likeness (QED) is 0.204. The summed E-state index contributed by atoms with van der Waals surface area (Å²) in [5.41, 5.74) is 2.09. The van der Waals surface area contributed by atoms with Gasteiger partial charge in [0.1, 0.15) is 30.0 Å². The van der Waals surface area contributed by atoms with E-state index in [9.17, 15) is 19.8 Å². The number of aromatic amines is 1. The number of fused-ring (bicyclic) bond motifs is 1. The number of methoxy groups -OCH3 is 1. The Morgan fingerprint density at radius 1 is 1.17 bits per heavy atom. The SMILES string of the molecule is COc1ccc(OC[C@@H](O)Cn2c(N/N=C\c3ccccc3O)nc3c2c(=O)[nH]c(=O)n3C)cc1. The van der Waals surface area contributed by atoms with Crippen LogP contribution in [0.3, 0.4) is 0 Å². The number of ether oxygens (including phenoxy) is 2. The van der Waals surface area contributed by atoms with Gasteiger partial charge in [-0.25, -0.2) is 10.2 Å². The lowest BCUT2D eigenvalue weighted by Crippen LogP contribution is -2.30. The van der Waals surface area contributed by atoms with Crippen LogP contribution in [0, 0.1) is 0 Å². The van der Waals surface area contributed by atoms with E-state index in [4.69, 9.17) is 9.47 Å². The van der Waals surface area contributed by atoms with Crippen LogP contribution in [-0.4, -0.2) is 55.4 Å². The third kappa shape index (κ3) is 5.17. The van der Waals surface area contributed by atoms with Crippen LogP contribution in [0.2, 0.25) is 0 Å². The maximum atomic E-state index is 12.6.